The lowest BCUT2D eigenvalue weighted by Gasteiger charge is -2.08. The second-order valence-corrected chi connectivity index (χ2v) is 9.79. The van der Waals surface area contributed by atoms with Gasteiger partial charge in [0.15, 0.2) is 0 Å². The summed E-state index contributed by atoms with van der Waals surface area (Å²) in [6.07, 6.45) is 0.905. The molecule has 0 N–H and O–H groups in total. The van der Waals surface area contributed by atoms with E-state index in [2.05, 4.69) is 133 Å². The summed E-state index contributed by atoms with van der Waals surface area (Å²) in [6.45, 7) is 0. The third-order valence-corrected chi connectivity index (χ3v) is 7.36. The first-order valence-electron chi connectivity index (χ1n) is 13.1. The van der Waals surface area contributed by atoms with Gasteiger partial charge >= 0.3 is 0 Å². The van der Waals surface area contributed by atoms with E-state index in [4.69, 9.17) is 4.42 Å². The van der Waals surface area contributed by atoms with Crippen molar-refractivity contribution in [3.05, 3.63) is 157 Å². The van der Waals surface area contributed by atoms with Crippen LogP contribution in [0.1, 0.15) is 11.1 Å². The van der Waals surface area contributed by atoms with Crippen LogP contribution in [0.15, 0.2) is 150 Å². The predicted molar refractivity (Wildman–Crippen MR) is 159 cm³/mol. The van der Waals surface area contributed by atoms with Gasteiger partial charge in [-0.15, -0.1) is 0 Å². The molecule has 38 heavy (non-hydrogen) atoms. The minimum atomic E-state index is 0.905. The Morgan fingerprint density at radius 2 is 0.868 bits per heavy atom. The fourth-order valence-electron chi connectivity index (χ4n) is 5.31. The Balaban J connectivity index is 1.09. The third-order valence-electron chi connectivity index (χ3n) is 7.36. The Kier molecular flexibility index (Phi) is 5.60. The fraction of sp³-hybridized carbons (Fsp3) is 0.0270. The van der Waals surface area contributed by atoms with E-state index in [1.54, 1.807) is 0 Å². The molecule has 0 saturated carbocycles. The molecule has 7 aromatic rings. The van der Waals surface area contributed by atoms with E-state index in [1.165, 1.54) is 38.9 Å². The molecule has 0 aliphatic carbocycles. The summed E-state index contributed by atoms with van der Waals surface area (Å²) < 4.78 is 6.24. The highest BCUT2D eigenvalue weighted by Crippen LogP contribution is 2.35. The second kappa shape index (κ2) is 9.53. The van der Waals surface area contributed by atoms with Crippen LogP contribution in [0.2, 0.25) is 0 Å². The van der Waals surface area contributed by atoms with Crippen molar-refractivity contribution in [1.29, 1.82) is 0 Å². The van der Waals surface area contributed by atoms with Crippen molar-refractivity contribution in [3.63, 3.8) is 0 Å². The smallest absolute Gasteiger partial charge is 0.143 e. The van der Waals surface area contributed by atoms with Crippen molar-refractivity contribution in [2.45, 2.75) is 6.42 Å². The lowest BCUT2D eigenvalue weighted by molar-refractivity contribution is 0.670. The van der Waals surface area contributed by atoms with Crippen LogP contribution in [0.25, 0.3) is 55.3 Å². The SMILES string of the molecule is c1ccc(-c2ccc(-c3ccc(Cc4ccc(-c5cccc6c5oc5ccccc56)cc4)cc3)cc2)cc1. The van der Waals surface area contributed by atoms with E-state index in [9.17, 15) is 0 Å². The van der Waals surface area contributed by atoms with Crippen LogP contribution in [0, 0.1) is 0 Å². The highest BCUT2D eigenvalue weighted by Gasteiger charge is 2.11. The second-order valence-electron chi connectivity index (χ2n) is 9.79. The van der Waals surface area contributed by atoms with Crippen LogP contribution < -0.4 is 0 Å². The molecule has 180 valence electrons. The number of hydrogen-bond donors (Lipinski definition) is 0. The summed E-state index contributed by atoms with van der Waals surface area (Å²) in [6, 6.07) is 51.8. The first-order chi connectivity index (χ1) is 18.8. The van der Waals surface area contributed by atoms with Gasteiger partial charge < -0.3 is 4.42 Å². The Bertz CT molecular complexity index is 1840. The van der Waals surface area contributed by atoms with E-state index >= 15 is 0 Å². The van der Waals surface area contributed by atoms with Crippen molar-refractivity contribution < 1.29 is 4.42 Å². The maximum atomic E-state index is 6.24. The van der Waals surface area contributed by atoms with Crippen molar-refractivity contribution in [3.8, 4) is 33.4 Å². The molecule has 1 nitrogen and oxygen atoms in total. The van der Waals surface area contributed by atoms with Gasteiger partial charge in [0, 0.05) is 16.3 Å². The van der Waals surface area contributed by atoms with Crippen LogP contribution in [-0.2, 0) is 6.42 Å². The molecule has 7 rings (SSSR count). The Labute approximate surface area is 222 Å². The van der Waals surface area contributed by atoms with E-state index in [0.29, 0.717) is 0 Å². The number of fused-ring (bicyclic) bond motifs is 3. The van der Waals surface area contributed by atoms with Gasteiger partial charge in [-0.1, -0.05) is 140 Å². The van der Waals surface area contributed by atoms with Gasteiger partial charge in [-0.05, 0) is 51.4 Å². The van der Waals surface area contributed by atoms with Crippen molar-refractivity contribution in [2.75, 3.05) is 0 Å². The van der Waals surface area contributed by atoms with Gasteiger partial charge in [0.05, 0.1) is 0 Å². The molecule has 0 aliphatic heterocycles. The van der Waals surface area contributed by atoms with E-state index in [0.717, 1.165) is 33.9 Å². The van der Waals surface area contributed by atoms with Gasteiger partial charge in [-0.3, -0.25) is 0 Å². The molecule has 0 saturated heterocycles. The maximum absolute atomic E-state index is 6.24. The summed E-state index contributed by atoms with van der Waals surface area (Å²) >= 11 is 0. The lowest BCUT2D eigenvalue weighted by atomic mass is 9.97. The van der Waals surface area contributed by atoms with Gasteiger partial charge in [-0.25, -0.2) is 0 Å². The minimum absolute atomic E-state index is 0.905. The number of para-hydroxylation sites is 2. The monoisotopic (exact) mass is 486 g/mol. The molecule has 0 bridgehead atoms. The highest BCUT2D eigenvalue weighted by atomic mass is 16.3. The molecule has 6 aromatic carbocycles. The van der Waals surface area contributed by atoms with Gasteiger partial charge in [0.2, 0.25) is 0 Å². The number of hydrogen-bond acceptors (Lipinski definition) is 1. The van der Waals surface area contributed by atoms with Crippen LogP contribution >= 0.6 is 0 Å². The van der Waals surface area contributed by atoms with Crippen LogP contribution in [-0.4, -0.2) is 0 Å². The summed E-state index contributed by atoms with van der Waals surface area (Å²) in [5.74, 6) is 0. The topological polar surface area (TPSA) is 13.1 Å². The normalized spacial score (nSPS) is 11.3. The molecule has 0 aliphatic rings. The van der Waals surface area contributed by atoms with Crippen LogP contribution in [0.3, 0.4) is 0 Å². The molecule has 0 radical (unpaired) electrons. The Hall–Kier alpha value is -4.88. The standard InChI is InChI=1S/C37H26O/c1-2-7-28(8-3-1)30-21-23-31(24-22-30)29-17-13-26(14-18-29)25-27-15-19-32(20-16-27)33-10-6-11-35-34-9-4-5-12-36(34)38-37(33)35/h1-24H,25H2. The molecular weight excluding hydrogens is 460 g/mol. The van der Waals surface area contributed by atoms with Gasteiger partial charge in [0.25, 0.3) is 0 Å². The van der Waals surface area contributed by atoms with Crippen LogP contribution in [0.5, 0.6) is 0 Å². The molecular formula is C37H26O. The number of rotatable bonds is 5. The number of furan rings is 1. The Morgan fingerprint density at radius 3 is 1.53 bits per heavy atom. The zero-order valence-electron chi connectivity index (χ0n) is 21.0. The first kappa shape index (κ1) is 22.3. The predicted octanol–water partition coefficient (Wildman–Crippen LogP) is 10.2. The average Bonchev–Trinajstić information content (AvgIpc) is 3.38. The van der Waals surface area contributed by atoms with Gasteiger partial charge in [0.1, 0.15) is 11.2 Å². The minimum Gasteiger partial charge on any atom is -0.455 e. The quantitative estimate of drug-likeness (QED) is 0.236. The molecule has 1 heteroatoms. The molecule has 0 amide bonds. The van der Waals surface area contributed by atoms with Crippen molar-refractivity contribution in [2.24, 2.45) is 0 Å². The summed E-state index contributed by atoms with van der Waals surface area (Å²) in [5, 5.41) is 2.33. The van der Waals surface area contributed by atoms with Crippen LogP contribution in [0.4, 0.5) is 0 Å². The molecule has 0 spiro atoms. The first-order valence-corrected chi connectivity index (χ1v) is 13.1. The van der Waals surface area contributed by atoms with E-state index in [-0.39, 0.29) is 0 Å². The molecule has 1 aromatic heterocycles. The molecule has 0 unspecified atom stereocenters. The summed E-state index contributed by atoms with van der Waals surface area (Å²) in [5.41, 5.74) is 11.8. The summed E-state index contributed by atoms with van der Waals surface area (Å²) in [4.78, 5) is 0. The average molecular weight is 487 g/mol. The zero-order valence-corrected chi connectivity index (χ0v) is 21.0. The maximum Gasteiger partial charge on any atom is 0.143 e. The molecule has 0 fully saturated rings. The summed E-state index contributed by atoms with van der Waals surface area (Å²) in [7, 11) is 0. The van der Waals surface area contributed by atoms with E-state index < -0.39 is 0 Å². The number of benzene rings is 6. The van der Waals surface area contributed by atoms with Crippen molar-refractivity contribution in [1.82, 2.24) is 0 Å². The highest BCUT2D eigenvalue weighted by molar-refractivity contribution is 6.09. The Morgan fingerprint density at radius 1 is 0.368 bits per heavy atom. The third kappa shape index (κ3) is 4.19. The fourth-order valence-corrected chi connectivity index (χ4v) is 5.31. The van der Waals surface area contributed by atoms with Crippen molar-refractivity contribution >= 4 is 21.9 Å². The van der Waals surface area contributed by atoms with E-state index in [1.807, 2.05) is 12.1 Å². The zero-order chi connectivity index (χ0) is 25.3. The largest absolute Gasteiger partial charge is 0.455 e. The molecule has 1 heterocycles. The molecule has 0 atom stereocenters. The van der Waals surface area contributed by atoms with Gasteiger partial charge in [-0.2, -0.15) is 0 Å². The lowest BCUT2D eigenvalue weighted by Crippen LogP contribution is -1.89.